The second-order valence-corrected chi connectivity index (χ2v) is 6.27. The van der Waals surface area contributed by atoms with Crippen molar-refractivity contribution < 1.29 is 0 Å². The van der Waals surface area contributed by atoms with Crippen LogP contribution in [0.3, 0.4) is 0 Å². The van der Waals surface area contributed by atoms with Crippen molar-refractivity contribution in [2.45, 2.75) is 66.2 Å². The van der Waals surface area contributed by atoms with Gasteiger partial charge >= 0.3 is 0 Å². The summed E-state index contributed by atoms with van der Waals surface area (Å²) >= 11 is 2.09. The fraction of sp³-hybridized carbons (Fsp3) is 1.00. The average Bonchev–Trinajstić information content (AvgIpc) is 2.21. The van der Waals surface area contributed by atoms with Crippen molar-refractivity contribution >= 4 is 11.8 Å². The monoisotopic (exact) mass is 230 g/mol. The van der Waals surface area contributed by atoms with Gasteiger partial charge < -0.3 is 0 Å². The summed E-state index contributed by atoms with van der Waals surface area (Å²) in [5.41, 5.74) is 0. The first kappa shape index (κ1) is 15.3. The van der Waals surface area contributed by atoms with E-state index in [9.17, 15) is 0 Å². The molecule has 92 valence electrons. The van der Waals surface area contributed by atoms with E-state index in [1.807, 2.05) is 0 Å². The molecule has 0 radical (unpaired) electrons. The minimum Gasteiger partial charge on any atom is -0.162 e. The van der Waals surface area contributed by atoms with Gasteiger partial charge in [0.1, 0.15) is 0 Å². The molecule has 0 aromatic carbocycles. The maximum absolute atomic E-state index is 2.43. The molecule has 2 unspecified atom stereocenters. The lowest BCUT2D eigenvalue weighted by molar-refractivity contribution is 0.402. The lowest BCUT2D eigenvalue weighted by Crippen LogP contribution is -2.06. The Morgan fingerprint density at radius 2 is 1.67 bits per heavy atom. The van der Waals surface area contributed by atoms with Gasteiger partial charge in [-0.05, 0) is 29.8 Å². The maximum atomic E-state index is 2.43. The number of hydrogen-bond donors (Lipinski definition) is 0. The Kier molecular flexibility index (Phi) is 11.1. The summed E-state index contributed by atoms with van der Waals surface area (Å²) in [6.07, 6.45) is 8.55. The standard InChI is InChI=1S/C14H30S/c1-5-7-8-9-10-13(3)11-14(4)12-15-6-2/h13-14H,5-12H2,1-4H3. The van der Waals surface area contributed by atoms with Crippen LogP contribution in [0.4, 0.5) is 0 Å². The molecule has 0 rings (SSSR count). The molecule has 0 aromatic heterocycles. The molecule has 1 heteroatoms. The predicted octanol–water partition coefficient (Wildman–Crippen LogP) is 5.37. The van der Waals surface area contributed by atoms with Crippen LogP contribution in [-0.2, 0) is 0 Å². The van der Waals surface area contributed by atoms with Crippen molar-refractivity contribution in [3.63, 3.8) is 0 Å². The zero-order valence-corrected chi connectivity index (χ0v) is 12.0. The molecule has 0 saturated heterocycles. The van der Waals surface area contributed by atoms with Crippen molar-refractivity contribution in [3.8, 4) is 0 Å². The van der Waals surface area contributed by atoms with E-state index >= 15 is 0 Å². The smallest absolute Gasteiger partial charge is 0.00418 e. The SMILES string of the molecule is CCCCCCC(C)CC(C)CSCC. The van der Waals surface area contributed by atoms with Gasteiger partial charge in [-0.25, -0.2) is 0 Å². The third-order valence-corrected chi connectivity index (χ3v) is 4.17. The first-order chi connectivity index (χ1) is 7.20. The Morgan fingerprint density at radius 3 is 2.27 bits per heavy atom. The van der Waals surface area contributed by atoms with Gasteiger partial charge in [0, 0.05) is 0 Å². The summed E-state index contributed by atoms with van der Waals surface area (Å²) in [6.45, 7) is 9.38. The fourth-order valence-corrected chi connectivity index (χ4v) is 2.89. The first-order valence-corrected chi connectivity index (χ1v) is 7.93. The van der Waals surface area contributed by atoms with E-state index in [1.54, 1.807) is 0 Å². The van der Waals surface area contributed by atoms with Crippen LogP contribution in [0.2, 0.25) is 0 Å². The largest absolute Gasteiger partial charge is 0.162 e. The summed E-state index contributed by atoms with van der Waals surface area (Å²) in [5.74, 6) is 4.48. The zero-order chi connectivity index (χ0) is 11.5. The molecule has 0 aliphatic heterocycles. The number of thioether (sulfide) groups is 1. The third kappa shape index (κ3) is 10.6. The van der Waals surface area contributed by atoms with Crippen LogP contribution in [0.25, 0.3) is 0 Å². The van der Waals surface area contributed by atoms with Gasteiger partial charge in [0.2, 0.25) is 0 Å². The van der Waals surface area contributed by atoms with Gasteiger partial charge in [-0.3, -0.25) is 0 Å². The summed E-state index contributed by atoms with van der Waals surface area (Å²) in [7, 11) is 0. The van der Waals surface area contributed by atoms with E-state index in [0.29, 0.717) is 0 Å². The van der Waals surface area contributed by atoms with Gasteiger partial charge in [-0.1, -0.05) is 59.8 Å². The Balaban J connectivity index is 3.33. The highest BCUT2D eigenvalue weighted by molar-refractivity contribution is 7.99. The number of rotatable bonds is 10. The molecule has 0 amide bonds. The van der Waals surface area contributed by atoms with Crippen molar-refractivity contribution in [1.29, 1.82) is 0 Å². The molecule has 2 atom stereocenters. The first-order valence-electron chi connectivity index (χ1n) is 6.78. The van der Waals surface area contributed by atoms with Gasteiger partial charge in [0.15, 0.2) is 0 Å². The number of unbranched alkanes of at least 4 members (excludes halogenated alkanes) is 3. The molecule has 0 aromatic rings. The lowest BCUT2D eigenvalue weighted by Gasteiger charge is -2.16. The van der Waals surface area contributed by atoms with Gasteiger partial charge in [0.05, 0.1) is 0 Å². The van der Waals surface area contributed by atoms with Crippen LogP contribution < -0.4 is 0 Å². The van der Waals surface area contributed by atoms with E-state index in [1.165, 1.54) is 50.0 Å². The van der Waals surface area contributed by atoms with Gasteiger partial charge in [-0.15, -0.1) is 0 Å². The second-order valence-electron chi connectivity index (χ2n) is 4.95. The van der Waals surface area contributed by atoms with E-state index in [-0.39, 0.29) is 0 Å². The molecule has 15 heavy (non-hydrogen) atoms. The van der Waals surface area contributed by atoms with Crippen LogP contribution in [0.5, 0.6) is 0 Å². The summed E-state index contributed by atoms with van der Waals surface area (Å²) in [6, 6.07) is 0. The van der Waals surface area contributed by atoms with E-state index in [0.717, 1.165) is 11.8 Å². The summed E-state index contributed by atoms with van der Waals surface area (Å²) in [4.78, 5) is 0. The van der Waals surface area contributed by atoms with E-state index < -0.39 is 0 Å². The minimum absolute atomic E-state index is 0.913. The highest BCUT2D eigenvalue weighted by Gasteiger charge is 2.08. The third-order valence-electron chi connectivity index (χ3n) is 2.96. The van der Waals surface area contributed by atoms with Crippen molar-refractivity contribution in [1.82, 2.24) is 0 Å². The quantitative estimate of drug-likeness (QED) is 0.454. The van der Waals surface area contributed by atoms with Crippen molar-refractivity contribution in [2.24, 2.45) is 11.8 Å². The van der Waals surface area contributed by atoms with Crippen LogP contribution in [0.15, 0.2) is 0 Å². The lowest BCUT2D eigenvalue weighted by atomic mass is 9.93. The molecule has 0 heterocycles. The molecule has 0 spiro atoms. The van der Waals surface area contributed by atoms with E-state index in [2.05, 4.69) is 39.5 Å². The average molecular weight is 230 g/mol. The van der Waals surface area contributed by atoms with Crippen LogP contribution in [0, 0.1) is 11.8 Å². The Labute approximate surface area is 102 Å². The molecule has 0 aliphatic rings. The second kappa shape index (κ2) is 10.9. The van der Waals surface area contributed by atoms with E-state index in [4.69, 9.17) is 0 Å². The number of hydrogen-bond acceptors (Lipinski definition) is 1. The Bertz CT molecular complexity index is 123. The molecular formula is C14H30S. The predicted molar refractivity (Wildman–Crippen MR) is 74.7 cm³/mol. The molecule has 0 aliphatic carbocycles. The van der Waals surface area contributed by atoms with Gasteiger partial charge in [0.25, 0.3) is 0 Å². The topological polar surface area (TPSA) is 0 Å². The molecule has 0 bridgehead atoms. The normalized spacial score (nSPS) is 15.2. The van der Waals surface area contributed by atoms with Crippen molar-refractivity contribution in [3.05, 3.63) is 0 Å². The van der Waals surface area contributed by atoms with Crippen LogP contribution in [0.1, 0.15) is 66.2 Å². The molecule has 0 fully saturated rings. The van der Waals surface area contributed by atoms with Crippen LogP contribution >= 0.6 is 11.8 Å². The van der Waals surface area contributed by atoms with Crippen LogP contribution in [-0.4, -0.2) is 11.5 Å². The Morgan fingerprint density at radius 1 is 0.933 bits per heavy atom. The minimum atomic E-state index is 0.913. The van der Waals surface area contributed by atoms with Gasteiger partial charge in [-0.2, -0.15) is 11.8 Å². The molecule has 0 nitrogen and oxygen atoms in total. The Hall–Kier alpha value is 0.350. The summed E-state index contributed by atoms with van der Waals surface area (Å²) in [5, 5.41) is 0. The highest BCUT2D eigenvalue weighted by atomic mass is 32.2. The molecule has 0 N–H and O–H groups in total. The maximum Gasteiger partial charge on any atom is -0.00418 e. The molecule has 0 saturated carbocycles. The highest BCUT2D eigenvalue weighted by Crippen LogP contribution is 2.21. The van der Waals surface area contributed by atoms with Crippen molar-refractivity contribution in [2.75, 3.05) is 11.5 Å². The summed E-state index contributed by atoms with van der Waals surface area (Å²) < 4.78 is 0. The fourth-order valence-electron chi connectivity index (χ4n) is 2.11. The zero-order valence-electron chi connectivity index (χ0n) is 11.2. The molecular weight excluding hydrogens is 200 g/mol.